The molecule has 19 aromatic carbocycles. The Hall–Kier alpha value is -17.0. The van der Waals surface area contributed by atoms with Crippen molar-refractivity contribution < 1.29 is 10.2 Å². The Morgan fingerprint density at radius 3 is 0.772 bits per heavy atom. The van der Waals surface area contributed by atoms with Gasteiger partial charge in [0.05, 0.1) is 44.1 Å². The molecule has 145 heavy (non-hydrogen) atoms. The molecule has 0 aliphatic carbocycles. The first-order valence-electron chi connectivity index (χ1n) is 49.5. The second-order valence-electron chi connectivity index (χ2n) is 38.4. The molecule has 0 amide bonds. The monoisotopic (exact) mass is 1880 g/mol. The van der Waals surface area contributed by atoms with Gasteiger partial charge in [-0.1, -0.05) is 433 Å². The number of pyridine rings is 2. The molecule has 0 radical (unpaired) electrons. The number of imidazole rings is 3. The summed E-state index contributed by atoms with van der Waals surface area (Å²) in [6, 6.07) is 151. The molecule has 14 heteroatoms. The minimum atomic E-state index is -2.85. The maximum Gasteiger partial charge on any atom is 2.00 e. The molecule has 0 atom stereocenters. The smallest absolute Gasteiger partial charge is 0.872 e. The van der Waals surface area contributed by atoms with Crippen LogP contribution in [0.1, 0.15) is 66.8 Å². The average Bonchev–Trinajstić information content (AvgIpc) is 1.36. The summed E-state index contributed by atoms with van der Waals surface area (Å²) >= 11 is 0. The standard InChI is InChI=1S/C60H62B2Si.C45H30N6.2C13H9NO.Be/c1-39-31-43(5)57(44(6)32-39)61(58-45(7)33-40(2)34-46(58)8)51-23-27-55(28-24-51)63(53-19-15-13-16-20-53,54-21-17-14-18-22-54)56-29-25-52(26-30-56)62(59-47(9)35-41(3)36-48(59)10)60-49(11)37-42(4)38-50(60)12;1-4-16-34(17-5-1)49-40-25-13-10-22-37(40)46-43(49)31-28-32(44-47-38-23-11-14-26-41(38)50(44)35-18-6-2-7-19-35)30-33(29-31)45-48-39-24-12-15-27-42(39)51(45)36-20-8-3-9-21-36;2*15-11-5-1-3-9-6-7-10-4-2-8-14-13(10)12(9)11;/h13-38H,1-12H3;1-30H;2*1-8,15H;/q;;;;+2/p-2. The van der Waals surface area contributed by atoms with Gasteiger partial charge in [0.2, 0.25) is 13.4 Å². The third-order valence-electron chi connectivity index (χ3n) is 28.5. The molecular formula is C131H108B2BeN8O2Si. The Labute approximate surface area is 853 Å². The van der Waals surface area contributed by atoms with Crippen LogP contribution < -0.4 is 63.7 Å². The summed E-state index contributed by atoms with van der Waals surface area (Å²) in [5.41, 5.74) is 37.9. The van der Waals surface area contributed by atoms with Crippen LogP contribution in [0, 0.1) is 83.1 Å². The minimum absolute atomic E-state index is 0. The summed E-state index contributed by atoms with van der Waals surface area (Å²) in [7, 11) is -2.85. The van der Waals surface area contributed by atoms with E-state index in [2.05, 4.69) is 410 Å². The van der Waals surface area contributed by atoms with Crippen molar-refractivity contribution in [1.82, 2.24) is 38.6 Å². The number of hydrogen-bond acceptors (Lipinski definition) is 7. The number of nitrogens with zero attached hydrogens (tertiary/aromatic N) is 8. The fourth-order valence-electron chi connectivity index (χ4n) is 22.7. The average molecular weight is 1890 g/mol. The Morgan fingerprint density at radius 2 is 0.483 bits per heavy atom. The van der Waals surface area contributed by atoms with Crippen LogP contribution in [0.4, 0.5) is 0 Å². The van der Waals surface area contributed by atoms with Crippen LogP contribution in [0.3, 0.4) is 0 Å². The second-order valence-corrected chi connectivity index (χ2v) is 42.2. The van der Waals surface area contributed by atoms with E-state index in [1.807, 2.05) is 97.1 Å². The normalized spacial score (nSPS) is 11.3. The van der Waals surface area contributed by atoms with E-state index in [1.165, 1.54) is 120 Å². The van der Waals surface area contributed by atoms with Crippen LogP contribution in [0.15, 0.2) is 437 Å². The van der Waals surface area contributed by atoms with E-state index in [0.717, 1.165) is 128 Å². The molecule has 0 aliphatic heterocycles. The molecule has 696 valence electrons. The van der Waals surface area contributed by atoms with Gasteiger partial charge in [-0.15, -0.1) is 0 Å². The third kappa shape index (κ3) is 18.5. The van der Waals surface area contributed by atoms with Crippen LogP contribution in [-0.4, -0.2) is 70.2 Å². The first kappa shape index (κ1) is 95.6. The molecule has 0 unspecified atom stereocenters. The number of benzene rings is 19. The molecule has 5 heterocycles. The summed E-state index contributed by atoms with van der Waals surface area (Å²) in [5, 5.41) is 34.4. The maximum absolute atomic E-state index is 11.8. The maximum atomic E-state index is 11.8. The van der Waals surface area contributed by atoms with Crippen LogP contribution in [0.25, 0.3) is 128 Å². The summed E-state index contributed by atoms with van der Waals surface area (Å²) < 4.78 is 6.75. The van der Waals surface area contributed by atoms with Crippen molar-refractivity contribution in [3.8, 4) is 62.7 Å². The zero-order valence-electron chi connectivity index (χ0n) is 83.8. The molecule has 24 rings (SSSR count). The van der Waals surface area contributed by atoms with Crippen LogP contribution in [0.5, 0.6) is 11.5 Å². The van der Waals surface area contributed by atoms with E-state index < -0.39 is 8.07 Å². The number of aryl methyl sites for hydroxylation is 12. The first-order valence-corrected chi connectivity index (χ1v) is 51.5. The predicted molar refractivity (Wildman–Crippen MR) is 612 cm³/mol. The van der Waals surface area contributed by atoms with E-state index in [1.54, 1.807) is 36.7 Å². The fourth-order valence-corrected chi connectivity index (χ4v) is 27.4. The van der Waals surface area contributed by atoms with Crippen LogP contribution in [0.2, 0.25) is 0 Å². The van der Waals surface area contributed by atoms with Crippen molar-refractivity contribution >= 4 is 162 Å². The second kappa shape index (κ2) is 40.9. The summed E-state index contributed by atoms with van der Waals surface area (Å²) in [6.07, 6.45) is 3.43. The Balaban J connectivity index is 0.000000137. The van der Waals surface area contributed by atoms with Crippen molar-refractivity contribution in [3.63, 3.8) is 0 Å². The summed E-state index contributed by atoms with van der Waals surface area (Å²) in [6.45, 7) is 27.5. The van der Waals surface area contributed by atoms with Gasteiger partial charge in [-0.05, 0) is 218 Å². The number of para-hydroxylation sites is 9. The number of rotatable bonds is 16. The SMILES string of the molecule is Cc1cc(C)c(B(c2ccc([Si](c3ccccc3)(c3ccccc3)c3ccc(B(c4c(C)cc(C)cc4C)c4c(C)cc(C)cc4C)cc3)cc2)c2c(C)cc(C)cc2C)c(C)c1.[Be+2].[O-]c1cccc2ccc3cccnc3c12.[O-]c1cccc2ccc3cccnc3c12.c1ccc(-n2c(-c3cc(-c4nc5ccccc5n4-c4ccccc4)cc(-c4nc5ccccc5n4-c4ccccc4)c3)nc3ccccc32)cc1. The summed E-state index contributed by atoms with van der Waals surface area (Å²) in [4.78, 5) is 24.4. The number of hydrogen-bond donors (Lipinski definition) is 0. The third-order valence-corrected chi connectivity index (χ3v) is 33.3. The van der Waals surface area contributed by atoms with Crippen molar-refractivity contribution in [2.45, 2.75) is 83.1 Å². The van der Waals surface area contributed by atoms with Gasteiger partial charge < -0.3 is 10.2 Å². The van der Waals surface area contributed by atoms with Gasteiger partial charge in [0.1, 0.15) is 17.5 Å². The van der Waals surface area contributed by atoms with Crippen LogP contribution >= 0.6 is 0 Å². The van der Waals surface area contributed by atoms with E-state index in [0.29, 0.717) is 0 Å². The predicted octanol–water partition coefficient (Wildman–Crippen LogP) is 23.0. The van der Waals surface area contributed by atoms with E-state index in [9.17, 15) is 10.2 Å². The van der Waals surface area contributed by atoms with Gasteiger partial charge in [-0.2, -0.15) is 0 Å². The van der Waals surface area contributed by atoms with Gasteiger partial charge in [0.25, 0.3) is 0 Å². The fraction of sp³-hybridized carbons (Fsp3) is 0.0916. The molecule has 0 saturated heterocycles. The van der Waals surface area contributed by atoms with Crippen LogP contribution in [-0.2, 0) is 0 Å². The van der Waals surface area contributed by atoms with Gasteiger partial charge in [-0.25, -0.2) is 15.0 Å². The van der Waals surface area contributed by atoms with E-state index in [4.69, 9.17) is 15.0 Å². The Morgan fingerprint density at radius 1 is 0.234 bits per heavy atom. The molecule has 10 nitrogen and oxygen atoms in total. The molecule has 0 bridgehead atoms. The molecule has 0 N–H and O–H groups in total. The van der Waals surface area contributed by atoms with Gasteiger partial charge in [0.15, 0.2) is 8.07 Å². The van der Waals surface area contributed by atoms with Crippen molar-refractivity contribution in [3.05, 3.63) is 504 Å². The minimum Gasteiger partial charge on any atom is -0.872 e. The zero-order valence-corrected chi connectivity index (χ0v) is 84.8. The van der Waals surface area contributed by atoms with E-state index >= 15 is 0 Å². The van der Waals surface area contributed by atoms with Crippen molar-refractivity contribution in [1.29, 1.82) is 0 Å². The number of aromatic nitrogens is 8. The van der Waals surface area contributed by atoms with Gasteiger partial charge in [-0.3, -0.25) is 23.7 Å². The molecule has 24 aromatic rings. The zero-order chi connectivity index (χ0) is 99.0. The van der Waals surface area contributed by atoms with E-state index in [-0.39, 0.29) is 35.0 Å². The molecule has 5 aromatic heterocycles. The quantitative estimate of drug-likeness (QED) is 0.0536. The topological polar surface area (TPSA) is 125 Å². The Kier molecular flexibility index (Phi) is 27.0. The van der Waals surface area contributed by atoms with Crippen molar-refractivity contribution in [2.24, 2.45) is 0 Å². The van der Waals surface area contributed by atoms with Crippen molar-refractivity contribution in [2.75, 3.05) is 0 Å². The molecule has 0 aliphatic rings. The number of fused-ring (bicyclic) bond motifs is 9. The molecule has 0 saturated carbocycles. The Bertz CT molecular complexity index is 8090. The first-order chi connectivity index (χ1) is 70.2. The summed E-state index contributed by atoms with van der Waals surface area (Å²) in [5.74, 6) is 2.61. The molecular weight excluding hydrogens is 1780 g/mol. The largest absolute Gasteiger partial charge is 2.00 e. The van der Waals surface area contributed by atoms with Gasteiger partial charge in [0, 0.05) is 67.7 Å². The molecule has 0 fully saturated rings. The van der Waals surface area contributed by atoms with Gasteiger partial charge >= 0.3 is 10.1 Å². The molecule has 0 spiro atoms.